The monoisotopic (exact) mass is 382 g/mol. The molecule has 0 saturated carbocycles. The van der Waals surface area contributed by atoms with Crippen LogP contribution in [0.25, 0.3) is 0 Å². The van der Waals surface area contributed by atoms with E-state index < -0.39 is 0 Å². The molecule has 150 valence electrons. The fourth-order valence-electron chi connectivity index (χ4n) is 3.41. The number of hydrogen-bond donors (Lipinski definition) is 1. The van der Waals surface area contributed by atoms with Crippen LogP contribution in [0.4, 0.5) is 0 Å². The molecule has 1 saturated heterocycles. The van der Waals surface area contributed by atoms with E-state index in [1.165, 1.54) is 5.56 Å². The molecule has 28 heavy (non-hydrogen) atoms. The molecule has 1 N–H and O–H groups in total. The predicted molar refractivity (Wildman–Crippen MR) is 111 cm³/mol. The van der Waals surface area contributed by atoms with Gasteiger partial charge in [-0.15, -0.1) is 0 Å². The molecule has 3 rings (SSSR count). The van der Waals surface area contributed by atoms with Gasteiger partial charge in [-0.05, 0) is 12.5 Å². The molecule has 0 atom stereocenters. The number of carbonyl (C=O) groups is 1. The molecule has 2 heterocycles. The van der Waals surface area contributed by atoms with Gasteiger partial charge in [-0.3, -0.25) is 9.79 Å². The summed E-state index contributed by atoms with van der Waals surface area (Å²) < 4.78 is 2.18. The Kier molecular flexibility index (Phi) is 7.06. The summed E-state index contributed by atoms with van der Waals surface area (Å²) in [5.41, 5.74) is 1.27. The number of benzene rings is 1. The fourth-order valence-corrected chi connectivity index (χ4v) is 3.41. The van der Waals surface area contributed by atoms with E-state index in [0.717, 1.165) is 57.5 Å². The molecule has 1 aromatic heterocycles. The first-order valence-corrected chi connectivity index (χ1v) is 10.00. The van der Waals surface area contributed by atoms with Crippen LogP contribution in [-0.2, 0) is 17.8 Å². The van der Waals surface area contributed by atoms with Gasteiger partial charge in [0.25, 0.3) is 0 Å². The quantitative estimate of drug-likeness (QED) is 0.609. The number of aromatic nitrogens is 2. The number of nitrogens with one attached hydrogen (secondary N) is 1. The van der Waals surface area contributed by atoms with Crippen LogP contribution in [-0.4, -0.2) is 70.5 Å². The van der Waals surface area contributed by atoms with Gasteiger partial charge in [0.05, 0.1) is 0 Å². The van der Waals surface area contributed by atoms with E-state index in [4.69, 9.17) is 4.99 Å². The van der Waals surface area contributed by atoms with E-state index in [2.05, 4.69) is 51.0 Å². The molecule has 2 aromatic rings. The second-order valence-corrected chi connectivity index (χ2v) is 6.94. The number of imidazole rings is 1. The summed E-state index contributed by atoms with van der Waals surface area (Å²) in [5.74, 6) is 2.11. The fraction of sp³-hybridized carbons (Fsp3) is 0.476. The third kappa shape index (κ3) is 5.34. The Bertz CT molecular complexity index is 777. The van der Waals surface area contributed by atoms with Crippen molar-refractivity contribution in [1.29, 1.82) is 0 Å². The lowest BCUT2D eigenvalue weighted by atomic mass is 10.2. The number of carbonyl (C=O) groups excluding carboxylic acids is 1. The van der Waals surface area contributed by atoms with E-state index in [0.29, 0.717) is 6.54 Å². The highest BCUT2D eigenvalue weighted by Crippen LogP contribution is 2.07. The zero-order chi connectivity index (χ0) is 19.8. The Labute approximate surface area is 167 Å². The van der Waals surface area contributed by atoms with Gasteiger partial charge >= 0.3 is 0 Å². The first-order valence-electron chi connectivity index (χ1n) is 10.00. The van der Waals surface area contributed by atoms with Gasteiger partial charge in [-0.2, -0.15) is 0 Å². The number of piperazine rings is 1. The highest BCUT2D eigenvalue weighted by atomic mass is 16.2. The normalized spacial score (nSPS) is 15.0. The van der Waals surface area contributed by atoms with Gasteiger partial charge in [-0.1, -0.05) is 30.3 Å². The maximum atomic E-state index is 11.5. The average molecular weight is 383 g/mol. The summed E-state index contributed by atoms with van der Waals surface area (Å²) in [6.45, 7) is 9.17. The minimum absolute atomic E-state index is 0.145. The van der Waals surface area contributed by atoms with Crippen molar-refractivity contribution in [3.63, 3.8) is 0 Å². The predicted octanol–water partition coefficient (Wildman–Crippen LogP) is 1.60. The smallest absolute Gasteiger partial charge is 0.219 e. The molecule has 0 bridgehead atoms. The molecule has 1 aromatic carbocycles. The summed E-state index contributed by atoms with van der Waals surface area (Å²) in [6, 6.07) is 10.4. The van der Waals surface area contributed by atoms with Crippen LogP contribution >= 0.6 is 0 Å². The van der Waals surface area contributed by atoms with Crippen LogP contribution < -0.4 is 5.32 Å². The molecule has 7 nitrogen and oxygen atoms in total. The van der Waals surface area contributed by atoms with Crippen LogP contribution in [0.5, 0.6) is 0 Å². The van der Waals surface area contributed by atoms with Crippen LogP contribution in [0, 0.1) is 0 Å². The van der Waals surface area contributed by atoms with Crippen LogP contribution in [0.3, 0.4) is 0 Å². The minimum Gasteiger partial charge on any atom is -0.357 e. The Morgan fingerprint density at radius 2 is 1.86 bits per heavy atom. The molecule has 1 aliphatic rings. The summed E-state index contributed by atoms with van der Waals surface area (Å²) in [6.07, 6.45) is 4.68. The second-order valence-electron chi connectivity index (χ2n) is 6.94. The molecule has 1 fully saturated rings. The van der Waals surface area contributed by atoms with Gasteiger partial charge in [0, 0.05) is 71.6 Å². The van der Waals surface area contributed by atoms with Crippen molar-refractivity contribution in [3.8, 4) is 0 Å². The molecule has 0 unspecified atom stereocenters. The molecule has 0 radical (unpaired) electrons. The molecular formula is C21H30N6O. The van der Waals surface area contributed by atoms with Crippen LogP contribution in [0.15, 0.2) is 47.7 Å². The van der Waals surface area contributed by atoms with Crippen molar-refractivity contribution >= 4 is 11.9 Å². The van der Waals surface area contributed by atoms with Gasteiger partial charge in [-0.25, -0.2) is 4.98 Å². The van der Waals surface area contributed by atoms with E-state index in [1.54, 1.807) is 6.92 Å². The molecule has 0 aliphatic carbocycles. The Balaban J connectivity index is 1.58. The largest absolute Gasteiger partial charge is 0.357 e. The number of guanidine groups is 1. The highest BCUT2D eigenvalue weighted by Gasteiger charge is 2.20. The van der Waals surface area contributed by atoms with Crippen molar-refractivity contribution in [3.05, 3.63) is 54.1 Å². The van der Waals surface area contributed by atoms with Crippen molar-refractivity contribution in [1.82, 2.24) is 24.7 Å². The number of nitrogens with zero attached hydrogens (tertiary/aromatic N) is 5. The standard InChI is InChI=1S/C21H30N6O/c1-3-22-21(26-15-13-25(14-16-26)18(2)28)24-10-9-20-23-11-12-27(20)17-19-7-5-4-6-8-19/h4-8,11-12H,3,9-10,13-17H2,1-2H3,(H,22,24). The van der Waals surface area contributed by atoms with E-state index in [1.807, 2.05) is 23.4 Å². The molecule has 0 spiro atoms. The van der Waals surface area contributed by atoms with Gasteiger partial charge in [0.2, 0.25) is 5.91 Å². The van der Waals surface area contributed by atoms with Crippen molar-refractivity contribution < 1.29 is 4.79 Å². The van der Waals surface area contributed by atoms with Crippen molar-refractivity contribution in [2.24, 2.45) is 4.99 Å². The third-order valence-corrected chi connectivity index (χ3v) is 4.95. The average Bonchev–Trinajstić information content (AvgIpc) is 3.15. The maximum Gasteiger partial charge on any atom is 0.219 e. The Morgan fingerprint density at radius 1 is 1.14 bits per heavy atom. The van der Waals surface area contributed by atoms with E-state index in [9.17, 15) is 4.79 Å². The SMILES string of the molecule is CCNC(=NCCc1nccn1Cc1ccccc1)N1CCN(C(C)=O)CC1. The second kappa shape index (κ2) is 9.92. The first kappa shape index (κ1) is 19.9. The number of amides is 1. The Hall–Kier alpha value is -2.83. The summed E-state index contributed by atoms with van der Waals surface area (Å²) in [5, 5.41) is 3.38. The summed E-state index contributed by atoms with van der Waals surface area (Å²) in [4.78, 5) is 25.0. The molecule has 1 aliphatic heterocycles. The zero-order valence-electron chi connectivity index (χ0n) is 16.8. The van der Waals surface area contributed by atoms with E-state index >= 15 is 0 Å². The third-order valence-electron chi connectivity index (χ3n) is 4.95. The lowest BCUT2D eigenvalue weighted by Gasteiger charge is -2.36. The lowest BCUT2D eigenvalue weighted by molar-refractivity contribution is -0.130. The lowest BCUT2D eigenvalue weighted by Crippen LogP contribution is -2.53. The minimum atomic E-state index is 0.145. The molecular weight excluding hydrogens is 352 g/mol. The molecule has 7 heteroatoms. The van der Waals surface area contributed by atoms with Crippen molar-refractivity contribution in [2.75, 3.05) is 39.3 Å². The van der Waals surface area contributed by atoms with Gasteiger partial charge in [0.1, 0.15) is 5.82 Å². The number of hydrogen-bond acceptors (Lipinski definition) is 3. The van der Waals surface area contributed by atoms with E-state index in [-0.39, 0.29) is 5.91 Å². The zero-order valence-corrected chi connectivity index (χ0v) is 16.8. The van der Waals surface area contributed by atoms with Gasteiger partial charge < -0.3 is 19.7 Å². The molecule has 1 amide bonds. The maximum absolute atomic E-state index is 11.5. The highest BCUT2D eigenvalue weighted by molar-refractivity contribution is 5.80. The number of aliphatic imine (C=N–C) groups is 1. The summed E-state index contributed by atoms with van der Waals surface area (Å²) in [7, 11) is 0. The van der Waals surface area contributed by atoms with Gasteiger partial charge in [0.15, 0.2) is 5.96 Å². The van der Waals surface area contributed by atoms with Crippen LogP contribution in [0.1, 0.15) is 25.2 Å². The van der Waals surface area contributed by atoms with Crippen LogP contribution in [0.2, 0.25) is 0 Å². The number of rotatable bonds is 6. The Morgan fingerprint density at radius 3 is 2.54 bits per heavy atom. The topological polar surface area (TPSA) is 65.8 Å². The van der Waals surface area contributed by atoms with Crippen molar-refractivity contribution in [2.45, 2.75) is 26.8 Å². The summed E-state index contributed by atoms with van der Waals surface area (Å²) >= 11 is 0. The first-order chi connectivity index (χ1) is 13.7.